The second-order valence-electron chi connectivity index (χ2n) is 6.25. The van der Waals surface area contributed by atoms with E-state index in [-0.39, 0.29) is 28.6 Å². The fourth-order valence-electron chi connectivity index (χ4n) is 2.79. The number of carbonyl (C=O) groups is 2. The molecule has 0 saturated heterocycles. The Morgan fingerprint density at radius 2 is 1.97 bits per heavy atom. The summed E-state index contributed by atoms with van der Waals surface area (Å²) in [6, 6.07) is 3.93. The van der Waals surface area contributed by atoms with Crippen LogP contribution in [-0.4, -0.2) is 41.7 Å². The van der Waals surface area contributed by atoms with Gasteiger partial charge in [0.15, 0.2) is 11.7 Å². The lowest BCUT2D eigenvalue weighted by molar-refractivity contribution is 0.0994. The number of carbonyl (C=O) groups excluding carboxylic acids is 1. The second kappa shape index (κ2) is 7.24. The highest BCUT2D eigenvalue weighted by atomic mass is 19.1. The zero-order valence-corrected chi connectivity index (χ0v) is 15.7. The highest BCUT2D eigenvalue weighted by Crippen LogP contribution is 2.25. The predicted molar refractivity (Wildman–Crippen MR) is 102 cm³/mol. The maximum Gasteiger partial charge on any atom is 0.409 e. The number of carboxylic acid groups (broad SMARTS) is 1. The molecule has 0 bridgehead atoms. The first-order chi connectivity index (χ1) is 14.3. The third kappa shape index (κ3) is 3.65. The molecule has 3 aromatic heterocycles. The molecule has 11 nitrogen and oxygen atoms in total. The fourth-order valence-corrected chi connectivity index (χ4v) is 2.79. The molecule has 0 spiro atoms. The first kappa shape index (κ1) is 19.0. The van der Waals surface area contributed by atoms with E-state index in [0.717, 1.165) is 0 Å². The summed E-state index contributed by atoms with van der Waals surface area (Å²) in [5.41, 5.74) is 0.929. The smallest absolute Gasteiger partial charge is 0.409 e. The molecule has 4 aromatic rings. The Bertz CT molecular complexity index is 1300. The van der Waals surface area contributed by atoms with Gasteiger partial charge in [-0.05, 0) is 25.1 Å². The summed E-state index contributed by atoms with van der Waals surface area (Å²) in [6.45, 7) is 3.27. The first-order valence-electron chi connectivity index (χ1n) is 8.58. The standard InChI is InChI=1S/C18H14FN7O4/c1-8-14(30-9(2)21-8)16(27)22-10-3-4-13(19)12(5-10)15-24-17-20-6-11(23-18(28)29)7-26(17)25-15/h3-7,23H,1-2H3,(H,22,27)(H,28,29). The van der Waals surface area contributed by atoms with Gasteiger partial charge in [-0.2, -0.15) is 4.98 Å². The zero-order valence-electron chi connectivity index (χ0n) is 15.7. The Kier molecular flexibility index (Phi) is 4.58. The number of benzene rings is 1. The van der Waals surface area contributed by atoms with E-state index in [1.165, 1.54) is 35.1 Å². The van der Waals surface area contributed by atoms with Crippen molar-refractivity contribution >= 4 is 29.2 Å². The largest absolute Gasteiger partial charge is 0.465 e. The van der Waals surface area contributed by atoms with Crippen molar-refractivity contribution < 1.29 is 23.5 Å². The monoisotopic (exact) mass is 411 g/mol. The van der Waals surface area contributed by atoms with Crippen molar-refractivity contribution in [2.24, 2.45) is 0 Å². The normalized spacial score (nSPS) is 10.9. The van der Waals surface area contributed by atoms with Crippen molar-refractivity contribution in [2.75, 3.05) is 10.6 Å². The van der Waals surface area contributed by atoms with Crippen molar-refractivity contribution in [3.63, 3.8) is 0 Å². The minimum atomic E-state index is -1.26. The van der Waals surface area contributed by atoms with Crippen LogP contribution < -0.4 is 10.6 Å². The molecule has 4 rings (SSSR count). The Hall–Kier alpha value is -4.35. The van der Waals surface area contributed by atoms with Gasteiger partial charge in [0.2, 0.25) is 5.76 Å². The Morgan fingerprint density at radius 1 is 1.17 bits per heavy atom. The summed E-state index contributed by atoms with van der Waals surface area (Å²) in [5.74, 6) is -0.570. The van der Waals surface area contributed by atoms with Crippen LogP contribution in [0, 0.1) is 19.7 Å². The van der Waals surface area contributed by atoms with Gasteiger partial charge in [-0.15, -0.1) is 5.10 Å². The highest BCUT2D eigenvalue weighted by Gasteiger charge is 2.18. The summed E-state index contributed by atoms with van der Waals surface area (Å²) in [7, 11) is 0. The molecule has 3 heterocycles. The number of rotatable bonds is 4. The van der Waals surface area contributed by atoms with Crippen LogP contribution in [0.5, 0.6) is 0 Å². The molecule has 2 amide bonds. The summed E-state index contributed by atoms with van der Waals surface area (Å²) in [6.07, 6.45) is 1.35. The number of nitrogens with zero attached hydrogens (tertiary/aromatic N) is 5. The van der Waals surface area contributed by atoms with E-state index in [9.17, 15) is 14.0 Å². The Balaban J connectivity index is 1.65. The number of fused-ring (bicyclic) bond motifs is 1. The van der Waals surface area contributed by atoms with Gasteiger partial charge in [0, 0.05) is 12.6 Å². The number of hydrogen-bond donors (Lipinski definition) is 3. The molecule has 0 radical (unpaired) electrons. The van der Waals surface area contributed by atoms with E-state index in [0.29, 0.717) is 17.3 Å². The molecule has 0 aliphatic carbocycles. The van der Waals surface area contributed by atoms with E-state index < -0.39 is 17.8 Å². The van der Waals surface area contributed by atoms with Crippen molar-refractivity contribution in [1.82, 2.24) is 24.6 Å². The number of nitrogens with one attached hydrogen (secondary N) is 2. The van der Waals surface area contributed by atoms with Crippen LogP contribution in [0.3, 0.4) is 0 Å². The number of hydrogen-bond acceptors (Lipinski definition) is 7. The van der Waals surface area contributed by atoms with Crippen LogP contribution in [0.15, 0.2) is 35.0 Å². The SMILES string of the molecule is Cc1nc(C)c(C(=O)Nc2ccc(F)c(-c3nc4ncc(NC(=O)O)cn4n3)c2)o1. The molecular formula is C18H14FN7O4. The van der Waals surface area contributed by atoms with Gasteiger partial charge in [0.25, 0.3) is 11.7 Å². The average Bonchev–Trinajstić information content (AvgIpc) is 3.24. The summed E-state index contributed by atoms with van der Waals surface area (Å²) in [4.78, 5) is 35.3. The lowest BCUT2D eigenvalue weighted by Crippen LogP contribution is -2.12. The number of halogens is 1. The summed E-state index contributed by atoms with van der Waals surface area (Å²) < 4.78 is 20.9. The molecule has 152 valence electrons. The molecule has 0 saturated carbocycles. The molecule has 0 unspecified atom stereocenters. The molecule has 1 aromatic carbocycles. The van der Waals surface area contributed by atoms with E-state index in [1.807, 2.05) is 0 Å². The molecule has 3 N–H and O–H groups in total. The summed E-state index contributed by atoms with van der Waals surface area (Å²) >= 11 is 0. The van der Waals surface area contributed by atoms with Crippen molar-refractivity contribution in [3.8, 4) is 11.4 Å². The van der Waals surface area contributed by atoms with Gasteiger partial charge in [0.1, 0.15) is 5.82 Å². The minimum Gasteiger partial charge on any atom is -0.465 e. The quantitative estimate of drug-likeness (QED) is 0.464. The molecular weight excluding hydrogens is 397 g/mol. The number of aromatic nitrogens is 5. The van der Waals surface area contributed by atoms with Gasteiger partial charge >= 0.3 is 6.09 Å². The van der Waals surface area contributed by atoms with Crippen LogP contribution in [0.25, 0.3) is 17.2 Å². The highest BCUT2D eigenvalue weighted by molar-refractivity contribution is 6.03. The molecule has 0 aliphatic heterocycles. The maximum atomic E-state index is 14.4. The van der Waals surface area contributed by atoms with E-state index in [4.69, 9.17) is 9.52 Å². The lowest BCUT2D eigenvalue weighted by Gasteiger charge is -2.06. The molecule has 30 heavy (non-hydrogen) atoms. The van der Waals surface area contributed by atoms with Crippen LogP contribution in [0.2, 0.25) is 0 Å². The number of aryl methyl sites for hydroxylation is 2. The van der Waals surface area contributed by atoms with Crippen molar-refractivity contribution in [1.29, 1.82) is 0 Å². The van der Waals surface area contributed by atoms with Crippen LogP contribution in [0.4, 0.5) is 20.6 Å². The predicted octanol–water partition coefficient (Wildman–Crippen LogP) is 2.88. The zero-order chi connectivity index (χ0) is 21.4. The van der Waals surface area contributed by atoms with Crippen LogP contribution in [-0.2, 0) is 0 Å². The van der Waals surface area contributed by atoms with Gasteiger partial charge in [-0.1, -0.05) is 0 Å². The van der Waals surface area contributed by atoms with Crippen molar-refractivity contribution in [3.05, 3.63) is 53.8 Å². The first-order valence-corrected chi connectivity index (χ1v) is 8.58. The third-order valence-electron chi connectivity index (χ3n) is 4.02. The van der Waals surface area contributed by atoms with E-state index in [1.54, 1.807) is 13.8 Å². The number of oxazole rings is 1. The maximum absolute atomic E-state index is 14.4. The lowest BCUT2D eigenvalue weighted by atomic mass is 10.1. The van der Waals surface area contributed by atoms with Gasteiger partial charge in [-0.3, -0.25) is 10.1 Å². The Labute approximate surface area is 167 Å². The average molecular weight is 411 g/mol. The van der Waals surface area contributed by atoms with E-state index in [2.05, 4.69) is 30.7 Å². The number of anilines is 2. The molecule has 12 heteroatoms. The molecule has 0 fully saturated rings. The van der Waals surface area contributed by atoms with Gasteiger partial charge in [-0.25, -0.2) is 23.7 Å². The fraction of sp³-hybridized carbons (Fsp3) is 0.111. The van der Waals surface area contributed by atoms with Gasteiger partial charge < -0.3 is 14.8 Å². The third-order valence-corrected chi connectivity index (χ3v) is 4.02. The molecule has 0 aliphatic rings. The Morgan fingerprint density at radius 3 is 2.67 bits per heavy atom. The van der Waals surface area contributed by atoms with Gasteiger partial charge in [0.05, 0.1) is 29.3 Å². The minimum absolute atomic E-state index is 0.00950. The second-order valence-corrected chi connectivity index (χ2v) is 6.25. The van der Waals surface area contributed by atoms with Crippen LogP contribution >= 0.6 is 0 Å². The summed E-state index contributed by atoms with van der Waals surface area (Å²) in [5, 5.41) is 17.7. The number of amides is 2. The van der Waals surface area contributed by atoms with Crippen molar-refractivity contribution in [2.45, 2.75) is 13.8 Å². The topological polar surface area (TPSA) is 148 Å². The van der Waals surface area contributed by atoms with E-state index >= 15 is 0 Å². The molecule has 0 atom stereocenters. The van der Waals surface area contributed by atoms with Crippen LogP contribution in [0.1, 0.15) is 22.1 Å².